The maximum atomic E-state index is 11.2. The number of nitrogens with one attached hydrogen (secondary N) is 2. The summed E-state index contributed by atoms with van der Waals surface area (Å²) in [5.74, 6) is -0.614. The van der Waals surface area contributed by atoms with Gasteiger partial charge in [0.1, 0.15) is 5.88 Å². The lowest BCUT2D eigenvalue weighted by atomic mass is 10.2. The lowest BCUT2D eigenvalue weighted by Gasteiger charge is -2.09. The van der Waals surface area contributed by atoms with Gasteiger partial charge in [0.2, 0.25) is 11.8 Å². The number of alkyl halides is 1. The predicted molar refractivity (Wildman–Crippen MR) is 69.7 cm³/mol. The van der Waals surface area contributed by atoms with E-state index in [-0.39, 0.29) is 17.7 Å². The zero-order valence-electron chi connectivity index (χ0n) is 9.22. The molecule has 0 aliphatic rings. The molecule has 6 heteroatoms. The third-order valence-corrected chi connectivity index (χ3v) is 2.54. The quantitative estimate of drug-likeness (QED) is 0.830. The van der Waals surface area contributed by atoms with Gasteiger partial charge in [-0.15, -0.1) is 11.6 Å². The van der Waals surface area contributed by atoms with E-state index in [2.05, 4.69) is 10.6 Å². The predicted octanol–water partition coefficient (Wildman–Crippen LogP) is 2.87. The molecule has 0 aromatic heterocycles. The van der Waals surface area contributed by atoms with Gasteiger partial charge in [-0.2, -0.15) is 0 Å². The van der Waals surface area contributed by atoms with Crippen molar-refractivity contribution < 1.29 is 9.59 Å². The standard InChI is InChI=1S/C11H12Cl2N2O2/c1-2-10(16)14-7-3-4-8(13)9(5-7)15-11(17)6-12/h3-5H,2,6H2,1H3,(H,14,16)(H,15,17). The summed E-state index contributed by atoms with van der Waals surface area (Å²) in [5.41, 5.74) is 0.998. The van der Waals surface area contributed by atoms with Gasteiger partial charge in [0, 0.05) is 12.1 Å². The first-order chi connectivity index (χ1) is 8.06. The van der Waals surface area contributed by atoms with Gasteiger partial charge >= 0.3 is 0 Å². The Kier molecular flexibility index (Phi) is 5.25. The van der Waals surface area contributed by atoms with Crippen LogP contribution in [0.5, 0.6) is 0 Å². The summed E-state index contributed by atoms with van der Waals surface area (Å²) in [4.78, 5) is 22.3. The van der Waals surface area contributed by atoms with Crippen LogP contribution in [0.4, 0.5) is 11.4 Å². The molecule has 0 bridgehead atoms. The van der Waals surface area contributed by atoms with Crippen molar-refractivity contribution in [3.8, 4) is 0 Å². The average Bonchev–Trinajstić information content (AvgIpc) is 2.33. The van der Waals surface area contributed by atoms with E-state index in [0.29, 0.717) is 22.8 Å². The van der Waals surface area contributed by atoms with Crippen LogP contribution in [0.25, 0.3) is 0 Å². The lowest BCUT2D eigenvalue weighted by molar-refractivity contribution is -0.116. The highest BCUT2D eigenvalue weighted by atomic mass is 35.5. The number of benzene rings is 1. The van der Waals surface area contributed by atoms with Crippen LogP contribution >= 0.6 is 23.2 Å². The second kappa shape index (κ2) is 6.47. The number of amides is 2. The first kappa shape index (κ1) is 13.8. The Morgan fingerprint density at radius 3 is 2.53 bits per heavy atom. The number of rotatable bonds is 4. The van der Waals surface area contributed by atoms with Gasteiger partial charge < -0.3 is 10.6 Å². The van der Waals surface area contributed by atoms with Crippen LogP contribution in [0.2, 0.25) is 5.02 Å². The molecule has 0 aliphatic carbocycles. The summed E-state index contributed by atoms with van der Waals surface area (Å²) < 4.78 is 0. The minimum atomic E-state index is -0.354. The summed E-state index contributed by atoms with van der Waals surface area (Å²) in [6, 6.07) is 4.84. The van der Waals surface area contributed by atoms with Gasteiger partial charge in [-0.25, -0.2) is 0 Å². The molecule has 0 radical (unpaired) electrons. The van der Waals surface area contributed by atoms with Crippen molar-refractivity contribution in [2.24, 2.45) is 0 Å². The summed E-state index contributed by atoms with van der Waals surface area (Å²) in [6.45, 7) is 1.75. The van der Waals surface area contributed by atoms with Gasteiger partial charge in [-0.05, 0) is 18.2 Å². The van der Waals surface area contributed by atoms with Crippen molar-refractivity contribution in [2.45, 2.75) is 13.3 Å². The second-order valence-electron chi connectivity index (χ2n) is 3.28. The molecular formula is C11H12Cl2N2O2. The Labute approximate surface area is 109 Å². The monoisotopic (exact) mass is 274 g/mol. The minimum Gasteiger partial charge on any atom is -0.326 e. The molecule has 1 rings (SSSR count). The largest absolute Gasteiger partial charge is 0.326 e. The number of carbonyl (C=O) groups excluding carboxylic acids is 2. The molecule has 92 valence electrons. The number of carbonyl (C=O) groups is 2. The molecule has 0 aliphatic heterocycles. The van der Waals surface area contributed by atoms with Crippen molar-refractivity contribution >= 4 is 46.4 Å². The van der Waals surface area contributed by atoms with Crippen LogP contribution in [0.3, 0.4) is 0 Å². The van der Waals surface area contributed by atoms with E-state index in [1.807, 2.05) is 0 Å². The Morgan fingerprint density at radius 1 is 1.24 bits per heavy atom. The number of halogens is 2. The molecule has 4 nitrogen and oxygen atoms in total. The van der Waals surface area contributed by atoms with Crippen molar-refractivity contribution in [3.63, 3.8) is 0 Å². The zero-order valence-corrected chi connectivity index (χ0v) is 10.7. The van der Waals surface area contributed by atoms with Gasteiger partial charge in [-0.3, -0.25) is 9.59 Å². The lowest BCUT2D eigenvalue weighted by Crippen LogP contribution is -2.14. The van der Waals surface area contributed by atoms with Crippen molar-refractivity contribution in [3.05, 3.63) is 23.2 Å². The fraction of sp³-hybridized carbons (Fsp3) is 0.273. The number of anilines is 2. The van der Waals surface area contributed by atoms with Crippen molar-refractivity contribution in [2.75, 3.05) is 16.5 Å². The summed E-state index contributed by atoms with van der Waals surface area (Å²) in [6.07, 6.45) is 0.381. The molecule has 1 aromatic rings. The Bertz CT molecular complexity index is 435. The molecule has 2 amide bonds. The highest BCUT2D eigenvalue weighted by Gasteiger charge is 2.07. The van der Waals surface area contributed by atoms with Crippen molar-refractivity contribution in [1.82, 2.24) is 0 Å². The molecule has 0 unspecified atom stereocenters. The molecule has 0 spiro atoms. The maximum absolute atomic E-state index is 11.2. The highest BCUT2D eigenvalue weighted by molar-refractivity contribution is 6.34. The van der Waals surface area contributed by atoms with E-state index in [1.54, 1.807) is 25.1 Å². The van der Waals surface area contributed by atoms with E-state index in [0.717, 1.165) is 0 Å². The van der Waals surface area contributed by atoms with Crippen LogP contribution < -0.4 is 10.6 Å². The Hall–Kier alpha value is -1.26. The van der Waals surface area contributed by atoms with Gasteiger partial charge in [0.05, 0.1) is 10.7 Å². The van der Waals surface area contributed by atoms with E-state index in [4.69, 9.17) is 23.2 Å². The molecule has 2 N–H and O–H groups in total. The van der Waals surface area contributed by atoms with Crippen LogP contribution in [0.1, 0.15) is 13.3 Å². The second-order valence-corrected chi connectivity index (χ2v) is 3.95. The van der Waals surface area contributed by atoms with E-state index in [1.165, 1.54) is 0 Å². The molecular weight excluding hydrogens is 263 g/mol. The first-order valence-corrected chi connectivity index (χ1v) is 5.93. The highest BCUT2D eigenvalue weighted by Crippen LogP contribution is 2.25. The fourth-order valence-electron chi connectivity index (χ4n) is 1.13. The molecule has 0 fully saturated rings. The molecule has 0 heterocycles. The SMILES string of the molecule is CCC(=O)Nc1ccc(Cl)c(NC(=O)CCl)c1. The molecule has 17 heavy (non-hydrogen) atoms. The minimum absolute atomic E-state index is 0.109. The van der Waals surface area contributed by atoms with Gasteiger partial charge in [0.15, 0.2) is 0 Å². The average molecular weight is 275 g/mol. The molecule has 1 aromatic carbocycles. The fourth-order valence-corrected chi connectivity index (χ4v) is 1.36. The normalized spacial score (nSPS) is 9.82. The first-order valence-electron chi connectivity index (χ1n) is 5.02. The van der Waals surface area contributed by atoms with Crippen LogP contribution in [0, 0.1) is 0 Å². The summed E-state index contributed by atoms with van der Waals surface area (Å²) in [7, 11) is 0. The van der Waals surface area contributed by atoms with Crippen LogP contribution in [0.15, 0.2) is 18.2 Å². The molecule has 0 atom stereocenters. The Balaban J connectivity index is 2.86. The summed E-state index contributed by atoms with van der Waals surface area (Å²) in [5, 5.41) is 5.59. The van der Waals surface area contributed by atoms with Crippen molar-refractivity contribution in [1.29, 1.82) is 0 Å². The number of hydrogen-bond donors (Lipinski definition) is 2. The van der Waals surface area contributed by atoms with Crippen LogP contribution in [-0.4, -0.2) is 17.7 Å². The van der Waals surface area contributed by atoms with Gasteiger partial charge in [0.25, 0.3) is 0 Å². The molecule has 0 saturated heterocycles. The van der Waals surface area contributed by atoms with Crippen LogP contribution in [-0.2, 0) is 9.59 Å². The van der Waals surface area contributed by atoms with E-state index in [9.17, 15) is 9.59 Å². The van der Waals surface area contributed by atoms with E-state index < -0.39 is 0 Å². The van der Waals surface area contributed by atoms with Gasteiger partial charge in [-0.1, -0.05) is 18.5 Å². The number of hydrogen-bond acceptors (Lipinski definition) is 2. The smallest absolute Gasteiger partial charge is 0.239 e. The Morgan fingerprint density at radius 2 is 1.94 bits per heavy atom. The van der Waals surface area contributed by atoms with E-state index >= 15 is 0 Å². The summed E-state index contributed by atoms with van der Waals surface area (Å²) >= 11 is 11.3. The molecule has 0 saturated carbocycles. The zero-order chi connectivity index (χ0) is 12.8. The maximum Gasteiger partial charge on any atom is 0.239 e. The third kappa shape index (κ3) is 4.24. The third-order valence-electron chi connectivity index (χ3n) is 1.97. The topological polar surface area (TPSA) is 58.2 Å².